The van der Waals surface area contributed by atoms with Crippen molar-refractivity contribution in [2.45, 2.75) is 63.0 Å². The van der Waals surface area contributed by atoms with Gasteiger partial charge in [0.1, 0.15) is 17.4 Å². The zero-order chi connectivity index (χ0) is 36.5. The first-order valence-corrected chi connectivity index (χ1v) is 17.2. The SMILES string of the molecule is O=C1CCC(N2C(=O)c3ccc(N4CC(C#Cc5nnc6n5CCN(C5(C(=O)Nc7ccc(C(F)(F)F)cc7Cl)CCC5)C6)C4)cc3C2=O)C(=O)N1. The molecule has 2 N–H and O–H groups in total. The monoisotopic (exact) mass is 734 g/mol. The molecule has 2 saturated heterocycles. The van der Waals surface area contributed by atoms with Crippen molar-refractivity contribution >= 4 is 52.5 Å². The van der Waals surface area contributed by atoms with Crippen LogP contribution in [0, 0.1) is 17.8 Å². The van der Waals surface area contributed by atoms with Crippen LogP contribution in [0.15, 0.2) is 36.4 Å². The summed E-state index contributed by atoms with van der Waals surface area (Å²) in [5.74, 6) is 5.04. The number of piperidine rings is 1. The van der Waals surface area contributed by atoms with E-state index in [0.717, 1.165) is 29.1 Å². The number of imide groups is 2. The highest BCUT2D eigenvalue weighted by Gasteiger charge is 2.50. The number of amides is 5. The number of hydrogen-bond acceptors (Lipinski definition) is 9. The van der Waals surface area contributed by atoms with Gasteiger partial charge in [-0.3, -0.25) is 39.1 Å². The maximum absolute atomic E-state index is 13.5. The van der Waals surface area contributed by atoms with E-state index >= 15 is 0 Å². The van der Waals surface area contributed by atoms with E-state index in [1.165, 1.54) is 6.07 Å². The molecule has 1 atom stereocenters. The largest absolute Gasteiger partial charge is 0.416 e. The van der Waals surface area contributed by atoms with Crippen molar-refractivity contribution in [2.24, 2.45) is 5.92 Å². The molecule has 1 saturated carbocycles. The van der Waals surface area contributed by atoms with Crippen LogP contribution in [0.4, 0.5) is 24.5 Å². The highest BCUT2D eigenvalue weighted by molar-refractivity contribution is 6.34. The molecule has 5 heterocycles. The Hall–Kier alpha value is -5.27. The van der Waals surface area contributed by atoms with Gasteiger partial charge in [0.25, 0.3) is 11.8 Å². The van der Waals surface area contributed by atoms with E-state index < -0.39 is 46.9 Å². The van der Waals surface area contributed by atoms with Gasteiger partial charge in [-0.1, -0.05) is 17.5 Å². The third-order valence-corrected chi connectivity index (χ3v) is 10.9. The number of carbonyl (C=O) groups is 5. The summed E-state index contributed by atoms with van der Waals surface area (Å²) < 4.78 is 41.2. The number of rotatable bonds is 5. The second-order valence-electron chi connectivity index (χ2n) is 13.6. The van der Waals surface area contributed by atoms with Gasteiger partial charge < -0.3 is 14.8 Å². The van der Waals surface area contributed by atoms with Gasteiger partial charge in [0.2, 0.25) is 23.5 Å². The van der Waals surface area contributed by atoms with Crippen LogP contribution in [-0.2, 0) is 33.6 Å². The second-order valence-corrected chi connectivity index (χ2v) is 14.0. The molecule has 4 aliphatic heterocycles. The quantitative estimate of drug-likeness (QED) is 0.298. The van der Waals surface area contributed by atoms with Crippen molar-refractivity contribution in [3.63, 3.8) is 0 Å². The maximum Gasteiger partial charge on any atom is 0.416 e. The standard InChI is InChI=1S/C35H30ClF3N8O5/c36-24-14-20(35(37,38)39)3-6-25(24)40-33(52)34(10-1-11-34)45-12-13-46-27(42-43-28(46)18-45)8-2-19-16-44(17-19)21-4-5-22-23(15-21)32(51)47(31(22)50)26-7-9-29(48)41-30(26)49/h3-6,14-15,19,26H,1,7,9-13,16-18H2,(H,40,52)(H,41,48,49). The van der Waals surface area contributed by atoms with Crippen molar-refractivity contribution in [1.82, 2.24) is 29.9 Å². The van der Waals surface area contributed by atoms with E-state index in [1.807, 2.05) is 14.4 Å². The zero-order valence-corrected chi connectivity index (χ0v) is 28.2. The maximum atomic E-state index is 13.5. The lowest BCUT2D eigenvalue weighted by atomic mass is 9.74. The number of alkyl halides is 3. The Morgan fingerprint density at radius 3 is 2.46 bits per heavy atom. The number of nitrogens with zero attached hydrogens (tertiary/aromatic N) is 6. The highest BCUT2D eigenvalue weighted by Crippen LogP contribution is 2.42. The number of hydrogen-bond donors (Lipinski definition) is 2. The van der Waals surface area contributed by atoms with Gasteiger partial charge in [-0.25, -0.2) is 0 Å². The van der Waals surface area contributed by atoms with E-state index in [4.69, 9.17) is 11.6 Å². The molecule has 52 heavy (non-hydrogen) atoms. The van der Waals surface area contributed by atoms with E-state index in [0.29, 0.717) is 57.2 Å². The van der Waals surface area contributed by atoms with Crippen LogP contribution >= 0.6 is 11.6 Å². The topological polar surface area (TPSA) is 150 Å². The van der Waals surface area contributed by atoms with Crippen LogP contribution in [0.5, 0.6) is 0 Å². The smallest absolute Gasteiger partial charge is 0.369 e. The Bertz CT molecular complexity index is 2130. The van der Waals surface area contributed by atoms with Crippen molar-refractivity contribution in [2.75, 3.05) is 29.9 Å². The number of aromatic nitrogens is 3. The predicted molar refractivity (Wildman–Crippen MR) is 178 cm³/mol. The Morgan fingerprint density at radius 1 is 1.00 bits per heavy atom. The van der Waals surface area contributed by atoms with E-state index in [2.05, 4.69) is 32.7 Å². The Labute approximate surface area is 299 Å². The number of benzene rings is 2. The van der Waals surface area contributed by atoms with Crippen LogP contribution in [0.1, 0.15) is 70.0 Å². The zero-order valence-electron chi connectivity index (χ0n) is 27.4. The summed E-state index contributed by atoms with van der Waals surface area (Å²) in [5, 5.41) is 13.4. The van der Waals surface area contributed by atoms with Gasteiger partial charge in [0.05, 0.1) is 39.9 Å². The molecule has 268 valence electrons. The lowest BCUT2D eigenvalue weighted by Gasteiger charge is -2.49. The summed E-state index contributed by atoms with van der Waals surface area (Å²) in [6.45, 7) is 2.53. The summed E-state index contributed by atoms with van der Waals surface area (Å²) in [4.78, 5) is 68.7. The Balaban J connectivity index is 0.892. The molecule has 1 aromatic heterocycles. The van der Waals surface area contributed by atoms with Crippen LogP contribution in [0.25, 0.3) is 0 Å². The molecule has 1 unspecified atom stereocenters. The molecule has 5 amide bonds. The molecule has 0 spiro atoms. The molecule has 0 bridgehead atoms. The van der Waals surface area contributed by atoms with Gasteiger partial charge in [0.15, 0.2) is 0 Å². The average molecular weight is 735 g/mol. The van der Waals surface area contributed by atoms with Crippen LogP contribution < -0.4 is 15.5 Å². The summed E-state index contributed by atoms with van der Waals surface area (Å²) in [7, 11) is 0. The first kappa shape index (κ1) is 33.9. The van der Waals surface area contributed by atoms with Crippen molar-refractivity contribution in [3.05, 3.63) is 69.8 Å². The molecule has 0 radical (unpaired) electrons. The van der Waals surface area contributed by atoms with E-state index in [9.17, 15) is 37.1 Å². The number of carbonyl (C=O) groups excluding carboxylic acids is 5. The molecule has 2 aromatic carbocycles. The average Bonchev–Trinajstić information content (AvgIpc) is 3.57. The van der Waals surface area contributed by atoms with Gasteiger partial charge in [-0.2, -0.15) is 13.2 Å². The van der Waals surface area contributed by atoms with E-state index in [-0.39, 0.29) is 46.5 Å². The summed E-state index contributed by atoms with van der Waals surface area (Å²) in [6.07, 6.45) is -2.41. The van der Waals surface area contributed by atoms with Crippen molar-refractivity contribution in [1.29, 1.82) is 0 Å². The molecule has 1 aliphatic carbocycles. The second kappa shape index (κ2) is 12.4. The lowest BCUT2D eigenvalue weighted by molar-refractivity contribution is -0.138. The minimum Gasteiger partial charge on any atom is -0.369 e. The molecular weight excluding hydrogens is 705 g/mol. The molecule has 17 heteroatoms. The first-order chi connectivity index (χ1) is 24.8. The Morgan fingerprint density at radius 2 is 1.77 bits per heavy atom. The summed E-state index contributed by atoms with van der Waals surface area (Å²) in [6, 6.07) is 6.83. The minimum absolute atomic E-state index is 0.0116. The first-order valence-electron chi connectivity index (χ1n) is 16.8. The number of fused-ring (bicyclic) bond motifs is 2. The molecule has 5 aliphatic rings. The molecule has 3 fully saturated rings. The number of anilines is 2. The normalized spacial score (nSPS) is 21.4. The van der Waals surface area contributed by atoms with Gasteiger partial charge in [0, 0.05) is 38.3 Å². The number of halogens is 4. The third-order valence-electron chi connectivity index (χ3n) is 10.6. The van der Waals surface area contributed by atoms with E-state index in [1.54, 1.807) is 18.2 Å². The van der Waals surface area contributed by atoms with Crippen LogP contribution in [-0.4, -0.2) is 85.3 Å². The Kier molecular flexibility index (Phi) is 8.10. The fraction of sp³-hybridized carbons (Fsp3) is 0.400. The van der Waals surface area contributed by atoms with Crippen LogP contribution in [0.2, 0.25) is 5.02 Å². The number of nitrogens with one attached hydrogen (secondary N) is 2. The molecule has 8 rings (SSSR count). The minimum atomic E-state index is -4.55. The molecule has 13 nitrogen and oxygen atoms in total. The predicted octanol–water partition coefficient (Wildman–Crippen LogP) is 3.22. The van der Waals surface area contributed by atoms with Gasteiger partial charge >= 0.3 is 6.18 Å². The fourth-order valence-corrected chi connectivity index (χ4v) is 7.68. The third kappa shape index (κ3) is 5.68. The lowest BCUT2D eigenvalue weighted by Crippen LogP contribution is -2.62. The molecular formula is C35H30ClF3N8O5. The summed E-state index contributed by atoms with van der Waals surface area (Å²) in [5.41, 5.74) is -0.432. The summed E-state index contributed by atoms with van der Waals surface area (Å²) >= 11 is 6.11. The van der Waals surface area contributed by atoms with Gasteiger partial charge in [-0.15, -0.1) is 10.2 Å². The van der Waals surface area contributed by atoms with Gasteiger partial charge in [-0.05, 0) is 68.0 Å². The van der Waals surface area contributed by atoms with Crippen molar-refractivity contribution < 1.29 is 37.1 Å². The fourth-order valence-electron chi connectivity index (χ4n) is 7.45. The highest BCUT2D eigenvalue weighted by atomic mass is 35.5. The van der Waals surface area contributed by atoms with Crippen molar-refractivity contribution in [3.8, 4) is 11.8 Å². The van der Waals surface area contributed by atoms with Crippen LogP contribution in [0.3, 0.4) is 0 Å². The molecule has 3 aromatic rings.